The first-order valence-electron chi connectivity index (χ1n) is 9.99. The van der Waals surface area contributed by atoms with E-state index in [4.69, 9.17) is 9.47 Å². The van der Waals surface area contributed by atoms with Crippen molar-refractivity contribution in [1.29, 1.82) is 0 Å². The number of nitrogens with zero attached hydrogens (tertiary/aromatic N) is 5. The van der Waals surface area contributed by atoms with Gasteiger partial charge in [-0.3, -0.25) is 0 Å². The number of fused-ring (bicyclic) bond motifs is 1. The first-order chi connectivity index (χ1) is 14.2. The first-order valence-corrected chi connectivity index (χ1v) is 9.99. The molecule has 1 aliphatic heterocycles. The van der Waals surface area contributed by atoms with Crippen molar-refractivity contribution < 1.29 is 9.47 Å². The molecule has 3 heterocycles. The molecule has 1 N–H and O–H groups in total. The highest BCUT2D eigenvalue weighted by Gasteiger charge is 2.25. The second kappa shape index (κ2) is 8.65. The lowest BCUT2D eigenvalue weighted by atomic mass is 10.0. The fourth-order valence-electron chi connectivity index (χ4n) is 4.02. The van der Waals surface area contributed by atoms with E-state index >= 15 is 0 Å². The molecular weight excluding hydrogens is 368 g/mol. The number of nitrogens with one attached hydrogen (secondary N) is 1. The van der Waals surface area contributed by atoms with E-state index in [1.165, 1.54) is 12.0 Å². The SMILES string of the molecule is COc1ccc(CCN(C)[C@H]2CCCN(c3ncnc4nc[nH]c34)C2)cc1OC. The van der Waals surface area contributed by atoms with Crippen LogP contribution in [0.15, 0.2) is 30.9 Å². The Hall–Kier alpha value is -2.87. The maximum absolute atomic E-state index is 5.43. The van der Waals surface area contributed by atoms with Crippen molar-refractivity contribution in [3.63, 3.8) is 0 Å². The van der Waals surface area contributed by atoms with Gasteiger partial charge in [0.1, 0.15) is 11.8 Å². The third kappa shape index (κ3) is 4.12. The monoisotopic (exact) mass is 396 g/mol. The molecule has 0 radical (unpaired) electrons. The van der Waals surface area contributed by atoms with Gasteiger partial charge in [0.2, 0.25) is 0 Å². The van der Waals surface area contributed by atoms with Crippen molar-refractivity contribution in [2.45, 2.75) is 25.3 Å². The third-order valence-corrected chi connectivity index (χ3v) is 5.72. The number of piperidine rings is 1. The van der Waals surface area contributed by atoms with Crippen molar-refractivity contribution in [3.8, 4) is 11.5 Å². The first kappa shape index (κ1) is 19.4. The van der Waals surface area contributed by atoms with Crippen LogP contribution in [0.1, 0.15) is 18.4 Å². The Morgan fingerprint density at radius 2 is 2.03 bits per heavy atom. The maximum Gasteiger partial charge on any atom is 0.182 e. The van der Waals surface area contributed by atoms with Crippen molar-refractivity contribution in [2.75, 3.05) is 45.8 Å². The van der Waals surface area contributed by atoms with Gasteiger partial charge in [-0.1, -0.05) is 6.07 Å². The minimum absolute atomic E-state index is 0.483. The Morgan fingerprint density at radius 3 is 2.86 bits per heavy atom. The lowest BCUT2D eigenvalue weighted by Gasteiger charge is -2.38. The van der Waals surface area contributed by atoms with E-state index in [2.05, 4.69) is 48.9 Å². The number of imidazole rings is 1. The molecule has 1 aliphatic rings. The highest BCUT2D eigenvalue weighted by atomic mass is 16.5. The summed E-state index contributed by atoms with van der Waals surface area (Å²) in [6.45, 7) is 2.94. The quantitative estimate of drug-likeness (QED) is 0.657. The van der Waals surface area contributed by atoms with Crippen LogP contribution in [-0.4, -0.2) is 71.8 Å². The van der Waals surface area contributed by atoms with Crippen molar-refractivity contribution in [3.05, 3.63) is 36.4 Å². The molecule has 0 aliphatic carbocycles. The molecule has 8 heteroatoms. The largest absolute Gasteiger partial charge is 0.493 e. The van der Waals surface area contributed by atoms with Gasteiger partial charge in [-0.05, 0) is 44.0 Å². The smallest absolute Gasteiger partial charge is 0.182 e. The fourth-order valence-corrected chi connectivity index (χ4v) is 4.02. The van der Waals surface area contributed by atoms with Gasteiger partial charge in [-0.15, -0.1) is 0 Å². The Balaban J connectivity index is 1.40. The zero-order valence-electron chi connectivity index (χ0n) is 17.3. The lowest BCUT2D eigenvalue weighted by molar-refractivity contribution is 0.217. The molecule has 1 atom stereocenters. The van der Waals surface area contributed by atoms with Gasteiger partial charge >= 0.3 is 0 Å². The van der Waals surface area contributed by atoms with Crippen LogP contribution in [-0.2, 0) is 6.42 Å². The van der Waals surface area contributed by atoms with E-state index < -0.39 is 0 Å². The van der Waals surface area contributed by atoms with E-state index in [1.807, 2.05) is 6.07 Å². The second-order valence-corrected chi connectivity index (χ2v) is 7.46. The van der Waals surface area contributed by atoms with Crippen LogP contribution < -0.4 is 14.4 Å². The molecule has 1 saturated heterocycles. The number of ether oxygens (including phenoxy) is 2. The number of aromatic amines is 1. The number of hydrogen-bond acceptors (Lipinski definition) is 7. The van der Waals surface area contributed by atoms with Crippen molar-refractivity contribution >= 4 is 17.0 Å². The summed E-state index contributed by atoms with van der Waals surface area (Å²) in [5.41, 5.74) is 2.89. The van der Waals surface area contributed by atoms with Gasteiger partial charge in [0.25, 0.3) is 0 Å². The van der Waals surface area contributed by atoms with Crippen LogP contribution in [0.4, 0.5) is 5.82 Å². The summed E-state index contributed by atoms with van der Waals surface area (Å²) in [6, 6.07) is 6.63. The van der Waals surface area contributed by atoms with E-state index in [0.717, 1.165) is 61.0 Å². The molecule has 4 rings (SSSR count). The molecule has 1 fully saturated rings. The molecular formula is C21H28N6O2. The van der Waals surface area contributed by atoms with Gasteiger partial charge in [-0.2, -0.15) is 0 Å². The lowest BCUT2D eigenvalue weighted by Crippen LogP contribution is -2.47. The van der Waals surface area contributed by atoms with Crippen LogP contribution in [0.2, 0.25) is 0 Å². The minimum Gasteiger partial charge on any atom is -0.493 e. The van der Waals surface area contributed by atoms with Gasteiger partial charge in [-0.25, -0.2) is 15.0 Å². The van der Waals surface area contributed by atoms with Crippen LogP contribution in [0.5, 0.6) is 11.5 Å². The summed E-state index contributed by atoms with van der Waals surface area (Å²) in [7, 11) is 5.55. The van der Waals surface area contributed by atoms with Crippen LogP contribution >= 0.6 is 0 Å². The molecule has 1 aromatic carbocycles. The molecule has 2 aromatic heterocycles. The molecule has 0 amide bonds. The van der Waals surface area contributed by atoms with Gasteiger partial charge in [0.15, 0.2) is 23.0 Å². The topological polar surface area (TPSA) is 79.4 Å². The average Bonchev–Trinajstić information content (AvgIpc) is 3.26. The van der Waals surface area contributed by atoms with E-state index in [-0.39, 0.29) is 0 Å². The maximum atomic E-state index is 5.43. The average molecular weight is 396 g/mol. The molecule has 3 aromatic rings. The summed E-state index contributed by atoms with van der Waals surface area (Å²) in [5, 5.41) is 0. The number of anilines is 1. The normalized spacial score (nSPS) is 17.1. The van der Waals surface area contributed by atoms with Gasteiger partial charge in [0, 0.05) is 25.7 Å². The van der Waals surface area contributed by atoms with E-state index in [1.54, 1.807) is 26.9 Å². The predicted octanol–water partition coefficient (Wildman–Crippen LogP) is 2.51. The standard InChI is InChI=1S/C21H28N6O2/c1-26(10-8-15-6-7-17(28-2)18(11-15)29-3)16-5-4-9-27(12-16)21-19-20(23-13-22-19)24-14-25-21/h6-7,11,13-14,16H,4-5,8-10,12H2,1-3H3,(H,22,23,24,25)/t16-/m0/s1. The second-order valence-electron chi connectivity index (χ2n) is 7.46. The van der Waals surface area contributed by atoms with E-state index in [0.29, 0.717) is 6.04 Å². The van der Waals surface area contributed by atoms with Gasteiger partial charge < -0.3 is 24.3 Å². The number of hydrogen-bond donors (Lipinski definition) is 1. The van der Waals surface area contributed by atoms with Crippen molar-refractivity contribution in [2.24, 2.45) is 0 Å². The Morgan fingerprint density at radius 1 is 1.17 bits per heavy atom. The molecule has 29 heavy (non-hydrogen) atoms. The summed E-state index contributed by atoms with van der Waals surface area (Å²) in [6.07, 6.45) is 6.58. The number of methoxy groups -OCH3 is 2. The van der Waals surface area contributed by atoms with E-state index in [9.17, 15) is 0 Å². The fraction of sp³-hybridized carbons (Fsp3) is 0.476. The number of likely N-dealkylation sites (N-methyl/N-ethyl adjacent to an activating group) is 1. The Kier molecular flexibility index (Phi) is 5.80. The van der Waals surface area contributed by atoms with Crippen molar-refractivity contribution in [1.82, 2.24) is 24.8 Å². The third-order valence-electron chi connectivity index (χ3n) is 5.72. The molecule has 0 bridgehead atoms. The molecule has 0 saturated carbocycles. The minimum atomic E-state index is 0.483. The zero-order chi connectivity index (χ0) is 20.2. The number of H-pyrrole nitrogens is 1. The number of aromatic nitrogens is 4. The molecule has 8 nitrogen and oxygen atoms in total. The summed E-state index contributed by atoms with van der Waals surface area (Å²) < 4.78 is 10.8. The Bertz CT molecular complexity index is 959. The zero-order valence-corrected chi connectivity index (χ0v) is 17.3. The molecule has 154 valence electrons. The van der Waals surface area contributed by atoms with Crippen LogP contribution in [0.3, 0.4) is 0 Å². The van der Waals surface area contributed by atoms with Crippen LogP contribution in [0.25, 0.3) is 11.2 Å². The highest BCUT2D eigenvalue weighted by Crippen LogP contribution is 2.28. The number of rotatable bonds is 7. The summed E-state index contributed by atoms with van der Waals surface area (Å²) >= 11 is 0. The van der Waals surface area contributed by atoms with Crippen LogP contribution in [0, 0.1) is 0 Å². The van der Waals surface area contributed by atoms with Gasteiger partial charge in [0.05, 0.1) is 20.5 Å². The molecule has 0 spiro atoms. The highest BCUT2D eigenvalue weighted by molar-refractivity contribution is 5.82. The Labute approximate surface area is 170 Å². The molecule has 0 unspecified atom stereocenters. The number of benzene rings is 1. The predicted molar refractivity (Wildman–Crippen MR) is 113 cm³/mol. The summed E-state index contributed by atoms with van der Waals surface area (Å²) in [4.78, 5) is 21.0. The summed E-state index contributed by atoms with van der Waals surface area (Å²) in [5.74, 6) is 2.50.